The van der Waals surface area contributed by atoms with Gasteiger partial charge in [0.05, 0.1) is 0 Å². The Bertz CT molecular complexity index is 703. The molecule has 30 heavy (non-hydrogen) atoms. The number of hydrogen-bond donors (Lipinski definition) is 0. The molecule has 0 amide bonds. The predicted molar refractivity (Wildman–Crippen MR) is 124 cm³/mol. The van der Waals surface area contributed by atoms with Gasteiger partial charge in [-0.2, -0.15) is 0 Å². The van der Waals surface area contributed by atoms with E-state index < -0.39 is 0 Å². The Labute approximate surface area is 184 Å². The van der Waals surface area contributed by atoms with Gasteiger partial charge in [0.15, 0.2) is 0 Å². The Hall–Kier alpha value is -1.05. The molecule has 0 aliphatic heterocycles. The average molecular weight is 413 g/mol. The Morgan fingerprint density at radius 3 is 2.57 bits per heavy atom. The van der Waals surface area contributed by atoms with Gasteiger partial charge in [0.2, 0.25) is 0 Å². The minimum atomic E-state index is 0.0909. The first-order valence-electron chi connectivity index (χ1n) is 12.8. The number of fused-ring (bicyclic) bond motifs is 5. The van der Waals surface area contributed by atoms with E-state index >= 15 is 0 Å². The number of carbonyl (C=O) groups is 1. The smallest absolute Gasteiger partial charge is 0.293 e. The van der Waals surface area contributed by atoms with Crippen LogP contribution in [-0.2, 0) is 9.53 Å². The first kappa shape index (κ1) is 22.2. The van der Waals surface area contributed by atoms with Gasteiger partial charge >= 0.3 is 0 Å². The van der Waals surface area contributed by atoms with Gasteiger partial charge < -0.3 is 4.74 Å². The van der Waals surface area contributed by atoms with Gasteiger partial charge in [0.25, 0.3) is 6.47 Å². The van der Waals surface area contributed by atoms with E-state index in [1.54, 1.807) is 5.57 Å². The van der Waals surface area contributed by atoms with Crippen molar-refractivity contribution in [1.82, 2.24) is 0 Å². The fourth-order valence-electron chi connectivity index (χ4n) is 8.19. The Morgan fingerprint density at radius 1 is 1.03 bits per heavy atom. The zero-order valence-corrected chi connectivity index (χ0v) is 20.1. The largest absolute Gasteiger partial charge is 0.464 e. The van der Waals surface area contributed by atoms with Crippen LogP contribution in [0.15, 0.2) is 23.3 Å². The topological polar surface area (TPSA) is 26.3 Å². The highest BCUT2D eigenvalue weighted by molar-refractivity contribution is 5.41. The summed E-state index contributed by atoms with van der Waals surface area (Å²) in [6.07, 6.45) is 17.9. The van der Waals surface area contributed by atoms with Crippen LogP contribution in [0.5, 0.6) is 0 Å². The molecule has 4 aliphatic rings. The van der Waals surface area contributed by atoms with Gasteiger partial charge in [-0.3, -0.25) is 4.79 Å². The third-order valence-corrected chi connectivity index (χ3v) is 9.97. The van der Waals surface area contributed by atoms with Crippen LogP contribution < -0.4 is 0 Å². The number of carbonyl (C=O) groups excluding carboxylic acids is 1. The monoisotopic (exact) mass is 412 g/mol. The summed E-state index contributed by atoms with van der Waals surface area (Å²) in [5, 5.41) is 0. The summed E-state index contributed by atoms with van der Waals surface area (Å²) in [6, 6.07) is 0. The molecule has 4 rings (SSSR count). The fourth-order valence-corrected chi connectivity index (χ4v) is 8.19. The summed E-state index contributed by atoms with van der Waals surface area (Å²) in [7, 11) is 0. The maximum atomic E-state index is 10.8. The summed E-state index contributed by atoms with van der Waals surface area (Å²) in [5.74, 6) is 4.08. The molecule has 0 radical (unpaired) electrons. The van der Waals surface area contributed by atoms with E-state index in [1.165, 1.54) is 50.5 Å². The maximum absolute atomic E-state index is 10.8. The minimum Gasteiger partial charge on any atom is -0.464 e. The quantitative estimate of drug-likeness (QED) is 0.405. The molecule has 0 spiro atoms. The molecule has 4 aliphatic carbocycles. The van der Waals surface area contributed by atoms with E-state index in [0.717, 1.165) is 42.9 Å². The molecule has 0 aromatic rings. The van der Waals surface area contributed by atoms with E-state index in [2.05, 4.69) is 46.8 Å². The second-order valence-electron chi connectivity index (χ2n) is 12.0. The van der Waals surface area contributed by atoms with Crippen LogP contribution in [0.1, 0.15) is 98.8 Å². The van der Waals surface area contributed by atoms with Crippen LogP contribution in [0.3, 0.4) is 0 Å². The summed E-state index contributed by atoms with van der Waals surface area (Å²) in [4.78, 5) is 10.8. The molecule has 2 nitrogen and oxygen atoms in total. The van der Waals surface area contributed by atoms with Crippen molar-refractivity contribution in [1.29, 1.82) is 0 Å². The molecule has 0 saturated heterocycles. The van der Waals surface area contributed by atoms with E-state index in [-0.39, 0.29) is 11.5 Å². The first-order chi connectivity index (χ1) is 14.3. The number of ether oxygens (including phenoxy) is 1. The van der Waals surface area contributed by atoms with Crippen molar-refractivity contribution in [3.63, 3.8) is 0 Å². The minimum absolute atomic E-state index is 0.0909. The molecule has 0 aromatic heterocycles. The molecule has 2 heteroatoms. The van der Waals surface area contributed by atoms with Gasteiger partial charge in [0, 0.05) is 6.42 Å². The Morgan fingerprint density at radius 2 is 1.83 bits per heavy atom. The van der Waals surface area contributed by atoms with Crippen LogP contribution in [-0.4, -0.2) is 12.6 Å². The predicted octanol–water partition coefficient (Wildman–Crippen LogP) is 7.49. The summed E-state index contributed by atoms with van der Waals surface area (Å²) in [6.45, 7) is 13.1. The SMILES string of the molecule is CC(C)CCC[C@@H](C)[C@H]1CC[C@H]2C3=CC=C4CC(OC=O)CC[C@]4(C)[C@H]3CC[C@]12C. The molecular weight excluding hydrogens is 368 g/mol. The highest BCUT2D eigenvalue weighted by Gasteiger charge is 2.56. The highest BCUT2D eigenvalue weighted by Crippen LogP contribution is 2.66. The summed E-state index contributed by atoms with van der Waals surface area (Å²) >= 11 is 0. The molecule has 0 N–H and O–H groups in total. The summed E-state index contributed by atoms with van der Waals surface area (Å²) < 4.78 is 5.34. The summed E-state index contributed by atoms with van der Waals surface area (Å²) in [5.41, 5.74) is 4.10. The number of hydrogen-bond acceptors (Lipinski definition) is 2. The molecule has 0 heterocycles. The zero-order chi connectivity index (χ0) is 21.5. The lowest BCUT2D eigenvalue weighted by Crippen LogP contribution is -2.46. The Balaban J connectivity index is 1.51. The van der Waals surface area contributed by atoms with Crippen LogP contribution in [0.2, 0.25) is 0 Å². The van der Waals surface area contributed by atoms with Gasteiger partial charge in [-0.1, -0.05) is 77.2 Å². The maximum Gasteiger partial charge on any atom is 0.293 e. The van der Waals surface area contributed by atoms with Gasteiger partial charge in [0.1, 0.15) is 6.10 Å². The molecular formula is C28H44O2. The van der Waals surface area contributed by atoms with Crippen LogP contribution in [0.25, 0.3) is 0 Å². The van der Waals surface area contributed by atoms with Crippen molar-refractivity contribution in [3.8, 4) is 0 Å². The van der Waals surface area contributed by atoms with E-state index in [1.807, 2.05) is 0 Å². The van der Waals surface area contributed by atoms with Crippen molar-refractivity contribution < 1.29 is 9.53 Å². The van der Waals surface area contributed by atoms with Crippen molar-refractivity contribution in [2.24, 2.45) is 40.4 Å². The molecule has 168 valence electrons. The first-order valence-corrected chi connectivity index (χ1v) is 12.8. The lowest BCUT2D eigenvalue weighted by molar-refractivity contribution is -0.135. The standard InChI is InChI=1S/C28H44O2/c1-19(2)7-6-8-20(3)24-11-12-25-23-10-9-21-17-22(30-18-29)13-15-27(21,4)26(23)14-16-28(24,25)5/h9-10,18-20,22,24-26H,6-8,11-17H2,1-5H3/t20-,22?,24-,25+,26+,27+,28-/m1/s1. The second kappa shape index (κ2) is 8.47. The van der Waals surface area contributed by atoms with Crippen molar-refractivity contribution in [3.05, 3.63) is 23.3 Å². The van der Waals surface area contributed by atoms with E-state index in [4.69, 9.17) is 4.74 Å². The molecule has 7 atom stereocenters. The lowest BCUT2D eigenvalue weighted by Gasteiger charge is -2.55. The Kier molecular flexibility index (Phi) is 6.26. The normalized spacial score (nSPS) is 41.3. The average Bonchev–Trinajstić information content (AvgIpc) is 3.05. The molecule has 0 aromatic carbocycles. The highest BCUT2D eigenvalue weighted by atomic mass is 16.5. The van der Waals surface area contributed by atoms with Gasteiger partial charge in [-0.15, -0.1) is 0 Å². The van der Waals surface area contributed by atoms with Crippen LogP contribution in [0.4, 0.5) is 0 Å². The lowest BCUT2D eigenvalue weighted by atomic mass is 9.50. The van der Waals surface area contributed by atoms with Crippen molar-refractivity contribution >= 4 is 6.47 Å². The van der Waals surface area contributed by atoms with Crippen molar-refractivity contribution in [2.45, 2.75) is 105 Å². The molecule has 0 bridgehead atoms. The molecule has 1 unspecified atom stereocenters. The zero-order valence-electron chi connectivity index (χ0n) is 20.1. The second-order valence-corrected chi connectivity index (χ2v) is 12.0. The van der Waals surface area contributed by atoms with Gasteiger partial charge in [-0.05, 0) is 78.9 Å². The van der Waals surface area contributed by atoms with Gasteiger partial charge in [-0.25, -0.2) is 0 Å². The fraction of sp³-hybridized carbons (Fsp3) is 0.821. The van der Waals surface area contributed by atoms with E-state index in [9.17, 15) is 4.79 Å². The van der Waals surface area contributed by atoms with Crippen molar-refractivity contribution in [2.75, 3.05) is 0 Å². The van der Waals surface area contributed by atoms with E-state index in [0.29, 0.717) is 17.8 Å². The molecule has 3 saturated carbocycles. The third kappa shape index (κ3) is 3.71. The van der Waals surface area contributed by atoms with Crippen LogP contribution in [0, 0.1) is 40.4 Å². The number of allylic oxidation sites excluding steroid dienone is 3. The third-order valence-electron chi connectivity index (χ3n) is 9.97. The van der Waals surface area contributed by atoms with Crippen LogP contribution >= 0.6 is 0 Å². The molecule has 3 fully saturated rings. The number of rotatable bonds is 7.